The van der Waals surface area contributed by atoms with Crippen LogP contribution in [0.3, 0.4) is 0 Å². The van der Waals surface area contributed by atoms with Gasteiger partial charge in [-0.05, 0) is 132 Å². The van der Waals surface area contributed by atoms with E-state index in [4.69, 9.17) is 9.47 Å². The molecular formula is C46H54N2O8. The third kappa shape index (κ3) is 7.98. The van der Waals surface area contributed by atoms with Gasteiger partial charge in [0.05, 0.1) is 25.7 Å². The van der Waals surface area contributed by atoms with Gasteiger partial charge < -0.3 is 45.6 Å². The van der Waals surface area contributed by atoms with Crippen molar-refractivity contribution in [2.45, 2.75) is 83.7 Å². The van der Waals surface area contributed by atoms with Gasteiger partial charge in [-0.2, -0.15) is 0 Å². The Morgan fingerprint density at radius 1 is 0.929 bits per heavy atom. The molecule has 0 amide bonds. The van der Waals surface area contributed by atoms with Crippen molar-refractivity contribution in [1.29, 1.82) is 0 Å². The number of benzene rings is 4. The number of Topliss-reactive ketones (excluding diaryl/α,β-unsaturated/α-hetero) is 1. The maximum atomic E-state index is 15.3. The number of ketones is 1. The van der Waals surface area contributed by atoms with Gasteiger partial charge in [-0.15, -0.1) is 0 Å². The largest absolute Gasteiger partial charge is 0.508 e. The lowest BCUT2D eigenvalue weighted by molar-refractivity contribution is -0.132. The van der Waals surface area contributed by atoms with E-state index in [1.54, 1.807) is 30.3 Å². The molecule has 0 aromatic heterocycles. The number of phenols is 4. The van der Waals surface area contributed by atoms with Crippen LogP contribution in [0.15, 0.2) is 84.2 Å². The summed E-state index contributed by atoms with van der Waals surface area (Å²) >= 11 is 0. The summed E-state index contributed by atoms with van der Waals surface area (Å²) in [7, 11) is 1.50. The topological polar surface area (TPSA) is 161 Å². The van der Waals surface area contributed by atoms with E-state index in [0.29, 0.717) is 50.1 Å². The van der Waals surface area contributed by atoms with E-state index in [1.807, 2.05) is 38.1 Å². The first-order valence-electron chi connectivity index (χ1n) is 19.9. The lowest BCUT2D eigenvalue weighted by atomic mass is 9.62. The van der Waals surface area contributed by atoms with Crippen molar-refractivity contribution < 1.29 is 39.8 Å². The average Bonchev–Trinajstić information content (AvgIpc) is 3.67. The number of aliphatic hydroxyl groups excluding tert-OH is 1. The molecule has 2 heterocycles. The third-order valence-corrected chi connectivity index (χ3v) is 12.0. The molecule has 1 saturated carbocycles. The Morgan fingerprint density at radius 3 is 2.50 bits per heavy atom. The second kappa shape index (κ2) is 16.4. The summed E-state index contributed by atoms with van der Waals surface area (Å²) in [4.78, 5) is 15.3. The second-order valence-corrected chi connectivity index (χ2v) is 16.2. The highest BCUT2D eigenvalue weighted by atomic mass is 16.5. The Balaban J connectivity index is 1.34. The molecule has 296 valence electrons. The van der Waals surface area contributed by atoms with Gasteiger partial charge in [-0.1, -0.05) is 51.0 Å². The van der Waals surface area contributed by atoms with E-state index >= 15 is 4.79 Å². The normalized spacial score (nSPS) is 20.1. The molecular weight excluding hydrogens is 709 g/mol. The monoisotopic (exact) mass is 762 g/mol. The average molecular weight is 763 g/mol. The summed E-state index contributed by atoms with van der Waals surface area (Å²) < 4.78 is 11.3. The van der Waals surface area contributed by atoms with Gasteiger partial charge in [0.1, 0.15) is 17.4 Å². The summed E-state index contributed by atoms with van der Waals surface area (Å²) in [5, 5.41) is 63.8. The minimum absolute atomic E-state index is 0.0403. The molecule has 1 aliphatic carbocycles. The molecule has 7 N–H and O–H groups in total. The van der Waals surface area contributed by atoms with Gasteiger partial charge >= 0.3 is 0 Å². The molecule has 3 aliphatic rings. The maximum Gasteiger partial charge on any atom is 0.200 e. The summed E-state index contributed by atoms with van der Waals surface area (Å²) in [6.07, 6.45) is 8.63. The van der Waals surface area contributed by atoms with Crippen LogP contribution in [0.1, 0.15) is 81.4 Å². The fourth-order valence-electron chi connectivity index (χ4n) is 9.20. The van der Waals surface area contributed by atoms with E-state index in [0.717, 1.165) is 64.7 Å². The van der Waals surface area contributed by atoms with Gasteiger partial charge in [0.15, 0.2) is 23.0 Å². The Bertz CT molecular complexity index is 2150. The molecule has 10 heteroatoms. The maximum absolute atomic E-state index is 15.3. The van der Waals surface area contributed by atoms with Crippen LogP contribution in [0.4, 0.5) is 5.69 Å². The van der Waals surface area contributed by atoms with Gasteiger partial charge in [0, 0.05) is 24.1 Å². The van der Waals surface area contributed by atoms with Crippen LogP contribution in [0.25, 0.3) is 10.8 Å². The lowest BCUT2D eigenvalue weighted by Gasteiger charge is -2.42. The van der Waals surface area contributed by atoms with Crippen LogP contribution in [-0.2, 0) is 17.6 Å². The molecule has 4 aromatic carbocycles. The van der Waals surface area contributed by atoms with Crippen LogP contribution in [0.2, 0.25) is 0 Å². The van der Waals surface area contributed by atoms with Gasteiger partial charge in [0.25, 0.3) is 0 Å². The van der Waals surface area contributed by atoms with Crippen molar-refractivity contribution in [2.75, 3.05) is 25.6 Å². The zero-order valence-electron chi connectivity index (χ0n) is 32.5. The summed E-state index contributed by atoms with van der Waals surface area (Å²) in [5.41, 5.74) is 3.91. The van der Waals surface area contributed by atoms with Gasteiger partial charge in [-0.3, -0.25) is 4.79 Å². The van der Waals surface area contributed by atoms with Crippen molar-refractivity contribution in [3.8, 4) is 34.5 Å². The highest BCUT2D eigenvalue weighted by molar-refractivity contribution is 5.91. The number of aromatic hydroxyl groups is 4. The quantitative estimate of drug-likeness (QED) is 0.0826. The number of aryl methyl sites for hydroxylation is 2. The zero-order chi connectivity index (χ0) is 39.6. The minimum atomic E-state index is -0.973. The molecule has 0 radical (unpaired) electrons. The molecule has 0 unspecified atom stereocenters. The number of carbonyl (C=O) groups excluding carboxylic acids is 1. The summed E-state index contributed by atoms with van der Waals surface area (Å²) in [6, 6.07) is 17.8. The molecule has 7 rings (SSSR count). The number of hydrogen-bond donors (Lipinski definition) is 7. The number of rotatable bonds is 9. The van der Waals surface area contributed by atoms with Crippen molar-refractivity contribution in [2.24, 2.45) is 17.3 Å². The van der Waals surface area contributed by atoms with E-state index in [1.165, 1.54) is 13.2 Å². The summed E-state index contributed by atoms with van der Waals surface area (Å²) in [5.74, 6) is -0.103. The molecule has 2 aliphatic heterocycles. The Labute approximate surface area is 328 Å². The molecule has 4 aromatic rings. The third-order valence-electron chi connectivity index (χ3n) is 12.0. The van der Waals surface area contributed by atoms with E-state index < -0.39 is 23.4 Å². The SMILES string of the molecule is COc1cc(CC[C@@H](O)[C@H]2C(=O)C[C@H](c3cc(O)c(O)c(OCC(C)C)c3)CCc3c(ccc4cc(O)ccc34)NC3=CC(=CCN3)C23CCCC3)ccc1O. The lowest BCUT2D eigenvalue weighted by Crippen LogP contribution is -2.44. The number of dihydropyridines is 1. The van der Waals surface area contributed by atoms with Crippen LogP contribution in [-0.4, -0.2) is 57.7 Å². The second-order valence-electron chi connectivity index (χ2n) is 16.2. The molecule has 0 saturated heterocycles. The van der Waals surface area contributed by atoms with Gasteiger partial charge in [0.2, 0.25) is 5.75 Å². The first kappa shape index (κ1) is 38.9. The number of anilines is 1. The summed E-state index contributed by atoms with van der Waals surface area (Å²) in [6.45, 7) is 4.90. The number of ether oxygens (including phenoxy) is 2. The number of nitrogens with one attached hydrogen (secondary N) is 2. The highest BCUT2D eigenvalue weighted by Crippen LogP contribution is 2.54. The van der Waals surface area contributed by atoms with Crippen LogP contribution in [0.5, 0.6) is 34.5 Å². The number of allylic oxidation sites excluding steroid dienone is 2. The van der Waals surface area contributed by atoms with Gasteiger partial charge in [-0.25, -0.2) is 0 Å². The molecule has 10 nitrogen and oxygen atoms in total. The standard InChI is InChI=1S/C46H54N2O8/c1-27(2)26-56-42-24-31(23-40(53)45(42)54)29-8-11-35-34-12-10-33(49)21-30(34)9-13-36(35)48-43-25-32(16-19-47-43)46(17-4-5-18-46)44(39(52)22-29)38(51)15-7-28-6-14-37(50)41(20-28)55-3/h6,9-10,12-14,16,20-21,23-25,27,29,38,44,47-51,53-54H,4-5,7-8,11,15,17-19,22,26H2,1-3H3/t29-,38-,44+/m1/s1. The molecule has 1 fully saturated rings. The van der Waals surface area contributed by atoms with Crippen molar-refractivity contribution in [3.63, 3.8) is 0 Å². The number of aliphatic hydroxyl groups is 1. The highest BCUT2D eigenvalue weighted by Gasteiger charge is 2.50. The van der Waals surface area contributed by atoms with Crippen LogP contribution >= 0.6 is 0 Å². The number of hydrogen-bond acceptors (Lipinski definition) is 10. The Morgan fingerprint density at radius 2 is 1.73 bits per heavy atom. The first-order chi connectivity index (χ1) is 26.9. The predicted molar refractivity (Wildman–Crippen MR) is 218 cm³/mol. The first-order valence-corrected chi connectivity index (χ1v) is 19.9. The van der Waals surface area contributed by atoms with E-state index in [9.17, 15) is 25.5 Å². The van der Waals surface area contributed by atoms with Crippen molar-refractivity contribution in [3.05, 3.63) is 101 Å². The fourth-order valence-corrected chi connectivity index (χ4v) is 9.20. The van der Waals surface area contributed by atoms with Crippen LogP contribution < -0.4 is 20.1 Å². The molecule has 2 bridgehead atoms. The van der Waals surface area contributed by atoms with Crippen molar-refractivity contribution in [1.82, 2.24) is 5.32 Å². The number of carbonyl (C=O) groups is 1. The molecule has 3 atom stereocenters. The fraction of sp³-hybridized carbons (Fsp3) is 0.413. The Kier molecular flexibility index (Phi) is 11.4. The Hall–Kier alpha value is -5.35. The minimum Gasteiger partial charge on any atom is -0.508 e. The predicted octanol–water partition coefficient (Wildman–Crippen LogP) is 8.35. The molecule has 56 heavy (non-hydrogen) atoms. The number of fused-ring (bicyclic) bond motifs is 5. The van der Waals surface area contributed by atoms with E-state index in [2.05, 4.69) is 22.8 Å². The number of methoxy groups -OCH3 is 1. The molecule has 1 spiro atoms. The van der Waals surface area contributed by atoms with E-state index in [-0.39, 0.29) is 46.9 Å². The van der Waals surface area contributed by atoms with Crippen molar-refractivity contribution >= 4 is 22.2 Å². The zero-order valence-corrected chi connectivity index (χ0v) is 32.5. The number of phenolic OH excluding ortho intramolecular Hbond substituents is 4. The van der Waals surface area contributed by atoms with Crippen LogP contribution in [0, 0.1) is 17.3 Å². The smallest absolute Gasteiger partial charge is 0.200 e.